The minimum Gasteiger partial charge on any atom is -0.357 e. The second-order valence-corrected chi connectivity index (χ2v) is 7.49. The number of nitrogens with one attached hydrogen (secondary N) is 2. The van der Waals surface area contributed by atoms with E-state index >= 15 is 0 Å². The molecule has 0 unspecified atom stereocenters. The van der Waals surface area contributed by atoms with Crippen LogP contribution in [0.2, 0.25) is 0 Å². The van der Waals surface area contributed by atoms with Crippen molar-refractivity contribution >= 4 is 35.8 Å². The van der Waals surface area contributed by atoms with Crippen molar-refractivity contribution in [3.8, 4) is 0 Å². The highest BCUT2D eigenvalue weighted by atomic mass is 127. The van der Waals surface area contributed by atoms with Crippen molar-refractivity contribution in [1.82, 2.24) is 20.5 Å². The van der Waals surface area contributed by atoms with Crippen LogP contribution >= 0.6 is 24.0 Å². The van der Waals surface area contributed by atoms with Crippen molar-refractivity contribution in [1.29, 1.82) is 0 Å². The Morgan fingerprint density at radius 2 is 1.89 bits per heavy atom. The third-order valence-corrected chi connectivity index (χ3v) is 5.35. The normalized spacial score (nSPS) is 19.5. The molecule has 152 valence electrons. The lowest BCUT2D eigenvalue weighted by Gasteiger charge is -2.33. The van der Waals surface area contributed by atoms with Gasteiger partial charge in [0.05, 0.1) is 6.54 Å². The summed E-state index contributed by atoms with van der Waals surface area (Å²) in [7, 11) is 2.18. The lowest BCUT2D eigenvalue weighted by atomic mass is 9.96. The molecule has 7 heteroatoms. The van der Waals surface area contributed by atoms with E-state index in [4.69, 9.17) is 4.99 Å². The molecule has 0 amide bonds. The molecule has 1 aliphatic carbocycles. The van der Waals surface area contributed by atoms with Gasteiger partial charge in [0.15, 0.2) is 5.96 Å². The Balaban J connectivity index is 0.00000261. The van der Waals surface area contributed by atoms with E-state index in [0.29, 0.717) is 12.6 Å². The molecule has 1 saturated heterocycles. The first kappa shape index (κ1) is 22.2. The van der Waals surface area contributed by atoms with Gasteiger partial charge in [0.1, 0.15) is 5.82 Å². The van der Waals surface area contributed by atoms with Crippen molar-refractivity contribution in [2.75, 3.05) is 44.7 Å². The fourth-order valence-corrected chi connectivity index (χ4v) is 3.66. The number of hydrogen-bond donors (Lipinski definition) is 2. The highest BCUT2D eigenvalue weighted by Crippen LogP contribution is 2.17. The molecule has 2 N–H and O–H groups in total. The number of anilines is 1. The maximum Gasteiger partial charge on any atom is 0.191 e. The van der Waals surface area contributed by atoms with Crippen LogP contribution in [0.25, 0.3) is 0 Å². The first-order valence-electron chi connectivity index (χ1n) is 10.2. The number of hydrogen-bond acceptors (Lipinski definition) is 4. The van der Waals surface area contributed by atoms with Gasteiger partial charge >= 0.3 is 0 Å². The average molecular weight is 486 g/mol. The smallest absolute Gasteiger partial charge is 0.191 e. The van der Waals surface area contributed by atoms with E-state index in [1.807, 2.05) is 6.20 Å². The van der Waals surface area contributed by atoms with Crippen LogP contribution in [0.1, 0.15) is 44.6 Å². The molecule has 0 spiro atoms. The summed E-state index contributed by atoms with van der Waals surface area (Å²) >= 11 is 0. The molecule has 1 saturated carbocycles. The minimum atomic E-state index is 0. The zero-order valence-electron chi connectivity index (χ0n) is 16.8. The number of aliphatic imine (C=N–C) groups is 1. The third kappa shape index (κ3) is 7.10. The summed E-state index contributed by atoms with van der Waals surface area (Å²) in [4.78, 5) is 14.2. The Morgan fingerprint density at radius 3 is 2.52 bits per heavy atom. The molecular weight excluding hydrogens is 451 g/mol. The third-order valence-electron chi connectivity index (χ3n) is 5.35. The van der Waals surface area contributed by atoms with Crippen molar-refractivity contribution in [3.63, 3.8) is 0 Å². The topological polar surface area (TPSA) is 55.8 Å². The Bertz CT molecular complexity index is 562. The second-order valence-electron chi connectivity index (χ2n) is 7.49. The largest absolute Gasteiger partial charge is 0.357 e. The van der Waals surface area contributed by atoms with Crippen LogP contribution in [0, 0.1) is 0 Å². The summed E-state index contributed by atoms with van der Waals surface area (Å²) < 4.78 is 0. The number of likely N-dealkylation sites (N-methyl/N-ethyl adjacent to an activating group) is 1. The van der Waals surface area contributed by atoms with E-state index in [0.717, 1.165) is 50.1 Å². The molecule has 1 aromatic heterocycles. The van der Waals surface area contributed by atoms with Gasteiger partial charge in [0.2, 0.25) is 0 Å². The molecular formula is C20H35IN6. The fourth-order valence-electron chi connectivity index (χ4n) is 3.66. The molecule has 0 bridgehead atoms. The predicted octanol–water partition coefficient (Wildman–Crippen LogP) is 2.84. The molecule has 2 fully saturated rings. The number of nitrogens with zero attached hydrogens (tertiary/aromatic N) is 4. The molecule has 1 aromatic rings. The molecule has 2 heterocycles. The highest BCUT2D eigenvalue weighted by molar-refractivity contribution is 14.0. The zero-order valence-corrected chi connectivity index (χ0v) is 19.1. The van der Waals surface area contributed by atoms with E-state index in [9.17, 15) is 0 Å². The molecule has 0 atom stereocenters. The monoisotopic (exact) mass is 486 g/mol. The summed E-state index contributed by atoms with van der Waals surface area (Å²) in [5.74, 6) is 2.01. The maximum absolute atomic E-state index is 4.76. The summed E-state index contributed by atoms with van der Waals surface area (Å²) in [6.45, 7) is 7.98. The van der Waals surface area contributed by atoms with Crippen LogP contribution < -0.4 is 15.5 Å². The number of piperazine rings is 1. The van der Waals surface area contributed by atoms with E-state index in [1.165, 1.54) is 32.1 Å². The summed E-state index contributed by atoms with van der Waals surface area (Å²) in [5.41, 5.74) is 1.16. The Morgan fingerprint density at radius 1 is 1.15 bits per heavy atom. The number of pyridine rings is 1. The predicted molar refractivity (Wildman–Crippen MR) is 124 cm³/mol. The SMILES string of the molecule is CCNC(=NCc1ccc(N2CCN(C)CC2)nc1)NC1CCCCC1.I. The first-order chi connectivity index (χ1) is 12.7. The van der Waals surface area contributed by atoms with Gasteiger partial charge in [-0.2, -0.15) is 0 Å². The van der Waals surface area contributed by atoms with Gasteiger partial charge in [-0.1, -0.05) is 25.3 Å². The number of halogens is 1. The van der Waals surface area contributed by atoms with Crippen molar-refractivity contribution in [2.45, 2.75) is 51.6 Å². The van der Waals surface area contributed by atoms with Crippen LogP contribution in [-0.4, -0.2) is 61.7 Å². The minimum absolute atomic E-state index is 0. The second kappa shape index (κ2) is 11.7. The van der Waals surface area contributed by atoms with E-state index < -0.39 is 0 Å². The van der Waals surface area contributed by atoms with Crippen LogP contribution in [-0.2, 0) is 6.54 Å². The fraction of sp³-hybridized carbons (Fsp3) is 0.700. The number of aromatic nitrogens is 1. The van der Waals surface area contributed by atoms with E-state index in [1.54, 1.807) is 0 Å². The van der Waals surface area contributed by atoms with Gasteiger partial charge in [-0.05, 0) is 38.4 Å². The Kier molecular flexibility index (Phi) is 9.61. The molecule has 2 aliphatic rings. The zero-order chi connectivity index (χ0) is 18.2. The Labute approximate surface area is 181 Å². The molecule has 6 nitrogen and oxygen atoms in total. The van der Waals surface area contributed by atoms with Crippen LogP contribution in [0.3, 0.4) is 0 Å². The molecule has 27 heavy (non-hydrogen) atoms. The van der Waals surface area contributed by atoms with Gasteiger partial charge in [-0.15, -0.1) is 24.0 Å². The van der Waals surface area contributed by atoms with Crippen LogP contribution in [0.15, 0.2) is 23.3 Å². The van der Waals surface area contributed by atoms with Gasteiger partial charge in [0, 0.05) is 45.0 Å². The quantitative estimate of drug-likeness (QED) is 0.381. The van der Waals surface area contributed by atoms with Crippen LogP contribution in [0.4, 0.5) is 5.82 Å². The van der Waals surface area contributed by atoms with Gasteiger partial charge < -0.3 is 20.4 Å². The van der Waals surface area contributed by atoms with Crippen molar-refractivity contribution in [3.05, 3.63) is 23.9 Å². The highest BCUT2D eigenvalue weighted by Gasteiger charge is 2.16. The van der Waals surface area contributed by atoms with E-state index in [-0.39, 0.29) is 24.0 Å². The molecule has 1 aliphatic heterocycles. The summed E-state index contributed by atoms with van der Waals surface area (Å²) in [6.07, 6.45) is 8.51. The van der Waals surface area contributed by atoms with Gasteiger partial charge in [0.25, 0.3) is 0 Å². The molecule has 3 rings (SSSR count). The standard InChI is InChI=1S/C20H34N6.HI/c1-3-21-20(24-18-7-5-4-6-8-18)23-16-17-9-10-19(22-15-17)26-13-11-25(2)12-14-26;/h9-10,15,18H,3-8,11-14,16H2,1-2H3,(H2,21,23,24);1H. The first-order valence-corrected chi connectivity index (χ1v) is 10.2. The maximum atomic E-state index is 4.76. The van der Waals surface area contributed by atoms with Crippen molar-refractivity contribution < 1.29 is 0 Å². The lowest BCUT2D eigenvalue weighted by molar-refractivity contribution is 0.312. The van der Waals surface area contributed by atoms with Gasteiger partial charge in [-0.25, -0.2) is 9.98 Å². The average Bonchev–Trinajstić information content (AvgIpc) is 2.68. The molecule has 0 radical (unpaired) electrons. The summed E-state index contributed by atoms with van der Waals surface area (Å²) in [5, 5.41) is 6.97. The molecule has 0 aromatic carbocycles. The Hall–Kier alpha value is -1.09. The van der Waals surface area contributed by atoms with Crippen molar-refractivity contribution in [2.24, 2.45) is 4.99 Å². The van der Waals surface area contributed by atoms with E-state index in [2.05, 4.69) is 51.5 Å². The summed E-state index contributed by atoms with van der Waals surface area (Å²) in [6, 6.07) is 4.87. The number of rotatable bonds is 5. The lowest BCUT2D eigenvalue weighted by Crippen LogP contribution is -2.44. The van der Waals surface area contributed by atoms with Crippen LogP contribution in [0.5, 0.6) is 0 Å². The van der Waals surface area contributed by atoms with Gasteiger partial charge in [-0.3, -0.25) is 0 Å². The number of guanidine groups is 1.